The van der Waals surface area contributed by atoms with Crippen LogP contribution in [0.15, 0.2) is 6.07 Å². The predicted octanol–water partition coefficient (Wildman–Crippen LogP) is 5.33. The molecule has 0 aromatic heterocycles. The van der Waals surface area contributed by atoms with Crippen molar-refractivity contribution in [2.45, 2.75) is 45.4 Å². The molecule has 0 bridgehead atoms. The van der Waals surface area contributed by atoms with Crippen molar-refractivity contribution in [1.82, 2.24) is 0 Å². The molecule has 0 unspecified atom stereocenters. The van der Waals surface area contributed by atoms with Crippen molar-refractivity contribution in [3.8, 4) is 5.75 Å². The van der Waals surface area contributed by atoms with E-state index in [2.05, 4.69) is 6.92 Å². The largest absolute Gasteiger partial charge is 0.495 e. The van der Waals surface area contributed by atoms with Crippen molar-refractivity contribution in [3.05, 3.63) is 27.2 Å². The Kier molecular flexibility index (Phi) is 3.96. The van der Waals surface area contributed by atoms with Gasteiger partial charge in [0.1, 0.15) is 10.8 Å². The Hall–Kier alpha value is -0.730. The Morgan fingerprint density at radius 3 is 2.52 bits per heavy atom. The molecular formula is C17H20Cl2O2. The minimum absolute atomic E-state index is 0.196. The van der Waals surface area contributed by atoms with Gasteiger partial charge < -0.3 is 4.74 Å². The molecule has 0 saturated heterocycles. The van der Waals surface area contributed by atoms with Crippen molar-refractivity contribution < 1.29 is 9.53 Å². The van der Waals surface area contributed by atoms with E-state index in [1.165, 1.54) is 12.8 Å². The van der Waals surface area contributed by atoms with E-state index in [1.54, 1.807) is 7.11 Å². The van der Waals surface area contributed by atoms with Gasteiger partial charge in [-0.05, 0) is 43.2 Å². The third-order valence-electron chi connectivity index (χ3n) is 5.43. The van der Waals surface area contributed by atoms with E-state index < -0.39 is 0 Å². The van der Waals surface area contributed by atoms with E-state index in [0.717, 1.165) is 31.2 Å². The second kappa shape index (κ2) is 5.48. The molecule has 3 rings (SSSR count). The highest BCUT2D eigenvalue weighted by atomic mass is 35.5. The van der Waals surface area contributed by atoms with Crippen LogP contribution in [0.1, 0.15) is 54.9 Å². The molecule has 1 aromatic carbocycles. The number of fused-ring (bicyclic) bond motifs is 1. The van der Waals surface area contributed by atoms with Crippen LogP contribution in [0.25, 0.3) is 0 Å². The quantitative estimate of drug-likeness (QED) is 0.750. The summed E-state index contributed by atoms with van der Waals surface area (Å²) in [5.74, 6) is 1.23. The Bertz CT molecular complexity index is 591. The Balaban J connectivity index is 2.11. The molecule has 0 spiro atoms. The van der Waals surface area contributed by atoms with Crippen molar-refractivity contribution >= 4 is 29.0 Å². The number of carbonyl (C=O) groups is 1. The van der Waals surface area contributed by atoms with E-state index in [0.29, 0.717) is 27.3 Å². The van der Waals surface area contributed by atoms with Crippen molar-refractivity contribution in [1.29, 1.82) is 0 Å². The fraction of sp³-hybridized carbons (Fsp3) is 0.588. The molecule has 21 heavy (non-hydrogen) atoms. The summed E-state index contributed by atoms with van der Waals surface area (Å²) in [6.45, 7) is 2.12. The highest BCUT2D eigenvalue weighted by molar-refractivity contribution is 6.45. The zero-order chi connectivity index (χ0) is 15.2. The molecule has 1 aromatic rings. The molecular weight excluding hydrogens is 307 g/mol. The zero-order valence-corrected chi connectivity index (χ0v) is 14.0. The summed E-state index contributed by atoms with van der Waals surface area (Å²) in [4.78, 5) is 13.1. The van der Waals surface area contributed by atoms with Gasteiger partial charge in [0.2, 0.25) is 0 Å². The molecule has 1 fully saturated rings. The topological polar surface area (TPSA) is 26.3 Å². The number of ketones is 1. The smallest absolute Gasteiger partial charge is 0.171 e. The van der Waals surface area contributed by atoms with E-state index >= 15 is 0 Å². The van der Waals surface area contributed by atoms with Gasteiger partial charge in [0.25, 0.3) is 0 Å². The van der Waals surface area contributed by atoms with Gasteiger partial charge >= 0.3 is 0 Å². The van der Waals surface area contributed by atoms with Gasteiger partial charge in [-0.1, -0.05) is 43.0 Å². The number of hydrogen-bond donors (Lipinski definition) is 0. The van der Waals surface area contributed by atoms with Crippen LogP contribution in [0.3, 0.4) is 0 Å². The minimum atomic E-state index is -0.280. The highest BCUT2D eigenvalue weighted by Crippen LogP contribution is 2.54. The predicted molar refractivity (Wildman–Crippen MR) is 85.7 cm³/mol. The maximum atomic E-state index is 13.1. The van der Waals surface area contributed by atoms with Crippen LogP contribution in [0.4, 0.5) is 0 Å². The third kappa shape index (κ3) is 2.10. The van der Waals surface area contributed by atoms with Crippen LogP contribution in [-0.4, -0.2) is 12.9 Å². The number of Topliss-reactive ketones (excluding diaryl/α,β-unsaturated/α-hetero) is 1. The fourth-order valence-electron chi connectivity index (χ4n) is 4.24. The molecule has 0 radical (unpaired) electrons. The maximum Gasteiger partial charge on any atom is 0.171 e. The first-order chi connectivity index (χ1) is 10.0. The molecule has 0 amide bonds. The number of hydrogen-bond acceptors (Lipinski definition) is 2. The SMILES string of the molecule is CC[C@]1(C2CCCC2)Cc2cc(OC)c(Cl)c(Cl)c2C1=O. The van der Waals surface area contributed by atoms with Crippen LogP contribution in [0, 0.1) is 11.3 Å². The van der Waals surface area contributed by atoms with Crippen LogP contribution < -0.4 is 4.74 Å². The monoisotopic (exact) mass is 326 g/mol. The highest BCUT2D eigenvalue weighted by Gasteiger charge is 2.51. The van der Waals surface area contributed by atoms with Gasteiger partial charge in [0.15, 0.2) is 5.78 Å². The lowest BCUT2D eigenvalue weighted by molar-refractivity contribution is 0.0691. The zero-order valence-electron chi connectivity index (χ0n) is 12.5. The molecule has 2 aliphatic carbocycles. The molecule has 114 valence electrons. The lowest BCUT2D eigenvalue weighted by atomic mass is 9.69. The average Bonchev–Trinajstić information content (AvgIpc) is 3.10. The molecule has 1 atom stereocenters. The summed E-state index contributed by atoms with van der Waals surface area (Å²) in [7, 11) is 1.57. The van der Waals surface area contributed by atoms with Crippen LogP contribution in [0.5, 0.6) is 5.75 Å². The van der Waals surface area contributed by atoms with Crippen molar-refractivity contribution in [3.63, 3.8) is 0 Å². The summed E-state index contributed by atoms with van der Waals surface area (Å²) < 4.78 is 5.29. The van der Waals surface area contributed by atoms with Crippen LogP contribution in [0.2, 0.25) is 10.0 Å². The van der Waals surface area contributed by atoms with Gasteiger partial charge in [-0.15, -0.1) is 0 Å². The molecule has 0 aliphatic heterocycles. The van der Waals surface area contributed by atoms with Gasteiger partial charge in [-0.3, -0.25) is 4.79 Å². The van der Waals surface area contributed by atoms with E-state index in [9.17, 15) is 4.79 Å². The van der Waals surface area contributed by atoms with E-state index in [-0.39, 0.29) is 11.2 Å². The Morgan fingerprint density at radius 1 is 1.29 bits per heavy atom. The van der Waals surface area contributed by atoms with Gasteiger partial charge in [-0.2, -0.15) is 0 Å². The standard InChI is InChI=1S/C17H20Cl2O2/c1-3-17(11-6-4-5-7-11)9-10-8-12(21-2)14(18)15(19)13(10)16(17)20/h8,11H,3-7,9H2,1-2H3/t17-/m1/s1. The number of rotatable bonds is 3. The molecule has 4 heteroatoms. The first-order valence-corrected chi connectivity index (χ1v) is 8.40. The molecule has 2 nitrogen and oxygen atoms in total. The van der Waals surface area contributed by atoms with Gasteiger partial charge in [0, 0.05) is 11.0 Å². The summed E-state index contributed by atoms with van der Waals surface area (Å²) in [6, 6.07) is 1.90. The van der Waals surface area contributed by atoms with Crippen molar-refractivity contribution in [2.75, 3.05) is 7.11 Å². The Labute approximate surface area is 135 Å². The molecule has 0 N–H and O–H groups in total. The summed E-state index contributed by atoms with van der Waals surface area (Å²) >= 11 is 12.6. The molecule has 0 heterocycles. The first-order valence-electron chi connectivity index (χ1n) is 7.64. The summed E-state index contributed by atoms with van der Waals surface area (Å²) in [5, 5.41) is 0.717. The fourth-order valence-corrected chi connectivity index (χ4v) is 4.76. The lowest BCUT2D eigenvalue weighted by Crippen LogP contribution is -2.34. The number of carbonyl (C=O) groups excluding carboxylic acids is 1. The Morgan fingerprint density at radius 2 is 1.95 bits per heavy atom. The van der Waals surface area contributed by atoms with Gasteiger partial charge in [0.05, 0.1) is 12.1 Å². The number of ether oxygens (including phenoxy) is 1. The third-order valence-corrected chi connectivity index (χ3v) is 6.28. The van der Waals surface area contributed by atoms with Crippen LogP contribution in [-0.2, 0) is 6.42 Å². The number of halogens is 2. The van der Waals surface area contributed by atoms with Gasteiger partial charge in [-0.25, -0.2) is 0 Å². The lowest BCUT2D eigenvalue weighted by Gasteiger charge is -2.32. The summed E-state index contributed by atoms with van der Waals surface area (Å²) in [5.41, 5.74) is 1.36. The average molecular weight is 327 g/mol. The second-order valence-corrected chi connectivity index (χ2v) is 6.99. The first kappa shape index (κ1) is 15.2. The minimum Gasteiger partial charge on any atom is -0.495 e. The molecule has 2 aliphatic rings. The number of methoxy groups -OCH3 is 1. The number of benzene rings is 1. The van der Waals surface area contributed by atoms with Crippen molar-refractivity contribution in [2.24, 2.45) is 11.3 Å². The van der Waals surface area contributed by atoms with Crippen LogP contribution >= 0.6 is 23.2 Å². The van der Waals surface area contributed by atoms with E-state index in [4.69, 9.17) is 27.9 Å². The van der Waals surface area contributed by atoms with E-state index in [1.807, 2.05) is 6.07 Å². The normalized spacial score (nSPS) is 25.4. The maximum absolute atomic E-state index is 13.1. The summed E-state index contributed by atoms with van der Waals surface area (Å²) in [6.07, 6.45) is 6.39. The molecule has 1 saturated carbocycles. The second-order valence-electron chi connectivity index (χ2n) is 6.24.